The highest BCUT2D eigenvalue weighted by molar-refractivity contribution is 7.17. The second-order valence-electron chi connectivity index (χ2n) is 11.5. The highest BCUT2D eigenvalue weighted by Crippen LogP contribution is 2.65. The monoisotopic (exact) mass is 538 g/mol. The summed E-state index contributed by atoms with van der Waals surface area (Å²) in [6, 6.07) is 11.4. The Hall–Kier alpha value is -2.32. The smallest absolute Gasteiger partial charge is 0.252 e. The van der Waals surface area contributed by atoms with Crippen LogP contribution in [0.5, 0.6) is 11.5 Å². The first-order valence-corrected chi connectivity index (χ1v) is 14.1. The molecule has 37 heavy (non-hydrogen) atoms. The van der Waals surface area contributed by atoms with E-state index in [2.05, 4.69) is 10.2 Å². The molecule has 3 aliphatic carbocycles. The minimum absolute atomic E-state index is 0. The highest BCUT2D eigenvalue weighted by Gasteiger charge is 2.73. The number of aromatic hydroxyl groups is 1. The zero-order valence-electron chi connectivity index (χ0n) is 20.5. The number of piperidine rings is 1. The number of carbonyl (C=O) groups is 1. The number of thiophene rings is 1. The number of likely N-dealkylation sites (tertiary alicyclic amines) is 1. The Bertz CT molecular complexity index is 1420. The first-order chi connectivity index (χ1) is 17.5. The second kappa shape index (κ2) is 8.09. The van der Waals surface area contributed by atoms with Gasteiger partial charge in [0, 0.05) is 33.8 Å². The van der Waals surface area contributed by atoms with Crippen LogP contribution in [0.1, 0.15) is 53.6 Å². The standard InChI is InChI=1S/C29H30N2O4S.ClH/c32-21-7-6-17-14-23-29(34)10-8-20(30-27(33)19-2-1-3-22-18(19)9-13-36-22)26-28(29,24(17)25(21)35-26)11-12-31(23)15-16-4-5-16;/h1-3,6-7,9,13,16,20,23,26,32,34H,4-5,8,10-12,14-15H2,(H,30,33);1H/t20-,23+,26-,28-,29+;/m0./s1. The number of fused-ring (bicyclic) bond motifs is 1. The maximum Gasteiger partial charge on any atom is 0.252 e. The molecule has 194 valence electrons. The summed E-state index contributed by atoms with van der Waals surface area (Å²) in [7, 11) is 0. The normalized spacial score (nSPS) is 33.4. The van der Waals surface area contributed by atoms with Crippen LogP contribution >= 0.6 is 23.7 Å². The molecule has 8 heteroatoms. The van der Waals surface area contributed by atoms with Gasteiger partial charge in [0.2, 0.25) is 0 Å². The molecule has 5 aliphatic rings. The van der Waals surface area contributed by atoms with E-state index in [0.29, 0.717) is 24.2 Å². The number of hydrogen-bond acceptors (Lipinski definition) is 6. The van der Waals surface area contributed by atoms with Gasteiger partial charge >= 0.3 is 0 Å². The molecule has 3 fully saturated rings. The van der Waals surface area contributed by atoms with Crippen LogP contribution in [-0.2, 0) is 11.8 Å². The van der Waals surface area contributed by atoms with Gasteiger partial charge in [0.15, 0.2) is 11.5 Å². The third-order valence-corrected chi connectivity index (χ3v) is 10.7. The Labute approximate surface area is 226 Å². The Balaban J connectivity index is 0.00000231. The fraction of sp³-hybridized carbons (Fsp3) is 0.483. The van der Waals surface area contributed by atoms with Crippen LogP contribution in [-0.4, -0.2) is 57.9 Å². The molecule has 2 aliphatic heterocycles. The molecular formula is C29H31ClN2O4S. The minimum Gasteiger partial charge on any atom is -0.504 e. The third-order valence-electron chi connectivity index (χ3n) is 9.82. The molecule has 1 saturated heterocycles. The lowest BCUT2D eigenvalue weighted by molar-refractivity contribution is -0.191. The SMILES string of the molecule is Cl.O=C(N[C@H]1CC[C@@]2(O)[C@H]3Cc4ccc(O)c5c4[C@@]2(CCN3CC2CC2)[C@H]1O5)c1cccc2sccc12. The van der Waals surface area contributed by atoms with E-state index in [9.17, 15) is 15.0 Å². The van der Waals surface area contributed by atoms with Gasteiger partial charge in [0.1, 0.15) is 6.10 Å². The molecule has 0 unspecified atom stereocenters. The molecule has 0 radical (unpaired) electrons. The van der Waals surface area contributed by atoms with Crippen LogP contribution in [0.25, 0.3) is 10.1 Å². The first kappa shape index (κ1) is 23.8. The summed E-state index contributed by atoms with van der Waals surface area (Å²) in [5, 5.41) is 29.7. The second-order valence-corrected chi connectivity index (χ2v) is 12.5. The predicted molar refractivity (Wildman–Crippen MR) is 145 cm³/mol. The number of rotatable bonds is 4. The molecule has 1 aromatic heterocycles. The summed E-state index contributed by atoms with van der Waals surface area (Å²) in [5.74, 6) is 1.30. The Kier molecular flexibility index (Phi) is 5.20. The number of aliphatic hydroxyl groups is 1. The van der Waals surface area contributed by atoms with Crippen LogP contribution in [0.3, 0.4) is 0 Å². The Morgan fingerprint density at radius 2 is 2.03 bits per heavy atom. The zero-order chi connectivity index (χ0) is 24.2. The number of ether oxygens (including phenoxy) is 1. The van der Waals surface area contributed by atoms with E-state index in [-0.39, 0.29) is 36.1 Å². The Morgan fingerprint density at radius 3 is 2.86 bits per heavy atom. The molecule has 3 N–H and O–H groups in total. The molecule has 6 nitrogen and oxygen atoms in total. The van der Waals surface area contributed by atoms with Gasteiger partial charge in [-0.05, 0) is 86.2 Å². The minimum atomic E-state index is -0.939. The average Bonchev–Trinajstić information content (AvgIpc) is 3.41. The fourth-order valence-corrected chi connectivity index (χ4v) is 8.88. The lowest BCUT2D eigenvalue weighted by atomic mass is 9.48. The summed E-state index contributed by atoms with van der Waals surface area (Å²) >= 11 is 1.63. The number of carbonyl (C=O) groups excluding carboxylic acids is 1. The lowest BCUT2D eigenvalue weighted by Crippen LogP contribution is -2.78. The van der Waals surface area contributed by atoms with Crippen LogP contribution in [0, 0.1) is 5.92 Å². The van der Waals surface area contributed by atoms with Gasteiger partial charge in [-0.2, -0.15) is 0 Å². The van der Waals surface area contributed by atoms with E-state index in [1.165, 1.54) is 18.4 Å². The largest absolute Gasteiger partial charge is 0.504 e. The van der Waals surface area contributed by atoms with Gasteiger partial charge in [-0.1, -0.05) is 12.1 Å². The van der Waals surface area contributed by atoms with E-state index in [4.69, 9.17) is 4.74 Å². The quantitative estimate of drug-likeness (QED) is 0.459. The summed E-state index contributed by atoms with van der Waals surface area (Å²) in [4.78, 5) is 16.1. The van der Waals surface area contributed by atoms with Crippen molar-refractivity contribution in [3.05, 3.63) is 58.5 Å². The van der Waals surface area contributed by atoms with E-state index in [1.54, 1.807) is 17.4 Å². The lowest BCUT2D eigenvalue weighted by Gasteiger charge is -2.64. The average molecular weight is 539 g/mol. The molecule has 2 bridgehead atoms. The van der Waals surface area contributed by atoms with E-state index in [0.717, 1.165) is 47.5 Å². The van der Waals surface area contributed by atoms with Crippen molar-refractivity contribution in [2.75, 3.05) is 13.1 Å². The van der Waals surface area contributed by atoms with Gasteiger partial charge < -0.3 is 20.3 Å². The van der Waals surface area contributed by atoms with Gasteiger partial charge in [-0.15, -0.1) is 23.7 Å². The van der Waals surface area contributed by atoms with E-state index in [1.807, 2.05) is 35.7 Å². The van der Waals surface area contributed by atoms with Gasteiger partial charge in [0.25, 0.3) is 5.91 Å². The van der Waals surface area contributed by atoms with Gasteiger partial charge in [-0.25, -0.2) is 0 Å². The number of nitrogens with one attached hydrogen (secondary N) is 1. The number of benzene rings is 2. The maximum absolute atomic E-state index is 13.6. The van der Waals surface area contributed by atoms with Crippen molar-refractivity contribution in [3.8, 4) is 11.5 Å². The topological polar surface area (TPSA) is 82.0 Å². The highest BCUT2D eigenvalue weighted by atomic mass is 35.5. The number of hydrogen-bond donors (Lipinski definition) is 3. The molecule has 5 atom stereocenters. The summed E-state index contributed by atoms with van der Waals surface area (Å²) in [5.41, 5.74) is 1.29. The van der Waals surface area contributed by atoms with Crippen molar-refractivity contribution in [1.29, 1.82) is 0 Å². The number of nitrogens with zero attached hydrogens (tertiary/aromatic N) is 1. The van der Waals surface area contributed by atoms with Crippen molar-refractivity contribution >= 4 is 39.7 Å². The number of halogens is 1. The van der Waals surface area contributed by atoms with E-state index < -0.39 is 17.1 Å². The van der Waals surface area contributed by atoms with Gasteiger partial charge in [0.05, 0.1) is 17.1 Å². The number of phenols is 1. The van der Waals surface area contributed by atoms with Crippen LogP contribution in [0.4, 0.5) is 0 Å². The summed E-state index contributed by atoms with van der Waals surface area (Å²) in [6.07, 6.45) is 4.98. The molecular weight excluding hydrogens is 508 g/mol. The van der Waals surface area contributed by atoms with Crippen molar-refractivity contribution in [2.45, 2.75) is 67.7 Å². The summed E-state index contributed by atoms with van der Waals surface area (Å²) in [6.45, 7) is 1.96. The molecule has 1 spiro atoms. The molecule has 2 aromatic carbocycles. The number of amides is 1. The predicted octanol–water partition coefficient (Wildman–Crippen LogP) is 4.39. The van der Waals surface area contributed by atoms with Crippen molar-refractivity contribution < 1.29 is 19.7 Å². The van der Waals surface area contributed by atoms with E-state index >= 15 is 0 Å². The molecule has 2 saturated carbocycles. The van der Waals surface area contributed by atoms with Crippen LogP contribution < -0.4 is 10.1 Å². The van der Waals surface area contributed by atoms with Crippen molar-refractivity contribution in [1.82, 2.24) is 10.2 Å². The first-order valence-electron chi connectivity index (χ1n) is 13.2. The molecule has 3 heterocycles. The Morgan fingerprint density at radius 1 is 1.16 bits per heavy atom. The molecule has 1 amide bonds. The third kappa shape index (κ3) is 3.08. The molecule has 3 aromatic rings. The van der Waals surface area contributed by atoms with Crippen molar-refractivity contribution in [3.63, 3.8) is 0 Å². The zero-order valence-corrected chi connectivity index (χ0v) is 22.1. The fourth-order valence-electron chi connectivity index (χ4n) is 8.07. The van der Waals surface area contributed by atoms with Crippen LogP contribution in [0.2, 0.25) is 0 Å². The maximum atomic E-state index is 13.6. The number of phenolic OH excluding ortho intramolecular Hbond substituents is 1. The van der Waals surface area contributed by atoms with Crippen LogP contribution in [0.15, 0.2) is 41.8 Å². The summed E-state index contributed by atoms with van der Waals surface area (Å²) < 4.78 is 7.68. The van der Waals surface area contributed by atoms with Gasteiger partial charge in [-0.3, -0.25) is 9.69 Å². The van der Waals surface area contributed by atoms with Crippen molar-refractivity contribution in [2.24, 2.45) is 5.92 Å². The molecule has 8 rings (SSSR count).